The Kier molecular flexibility index (Phi) is 8.09. The van der Waals surface area contributed by atoms with Gasteiger partial charge in [0.25, 0.3) is 0 Å². The van der Waals surface area contributed by atoms with Crippen LogP contribution in [0.5, 0.6) is 0 Å². The van der Waals surface area contributed by atoms with Gasteiger partial charge in [0.05, 0.1) is 0 Å². The van der Waals surface area contributed by atoms with E-state index in [-0.39, 0.29) is 0 Å². The van der Waals surface area contributed by atoms with E-state index in [1.54, 1.807) is 0 Å². The standard InChI is InChI=1S/C44H36O2P2/c1-29-25-31(3)39-37(27-29)45-43(47(33-17-9-5-10-18-33)34-19-11-6-12-20-34)41(39)42-40-32(4)26-30(2)28-38(40)46-44(42)48(35-21-13-7-14-22-35)36-23-15-8-16-24-36/h5-28H,1-4H3. The van der Waals surface area contributed by atoms with Crippen molar-refractivity contribution in [1.82, 2.24) is 0 Å². The SMILES string of the molecule is Cc1cc(C)c2c(-c3c(P(c4ccccc4)c4ccccc4)oc4cc(C)cc(C)c34)c(P(c3ccccc3)c3ccccc3)oc2c1. The van der Waals surface area contributed by atoms with Gasteiger partial charge in [-0.3, -0.25) is 0 Å². The van der Waals surface area contributed by atoms with Crippen molar-refractivity contribution in [1.29, 1.82) is 0 Å². The number of fused-ring (bicyclic) bond motifs is 2. The molecular weight excluding hydrogens is 622 g/mol. The van der Waals surface area contributed by atoms with E-state index in [0.29, 0.717) is 0 Å². The second kappa shape index (κ2) is 12.7. The zero-order chi connectivity index (χ0) is 32.8. The Bertz CT molecular complexity index is 2120. The first kappa shape index (κ1) is 30.6. The predicted octanol–water partition coefficient (Wildman–Crippen LogP) is 9.60. The Hall–Kier alpha value is -4.74. The minimum atomic E-state index is -1.05. The van der Waals surface area contributed by atoms with E-state index >= 15 is 0 Å². The molecular formula is C44H36O2P2. The van der Waals surface area contributed by atoms with Crippen LogP contribution < -0.4 is 32.2 Å². The van der Waals surface area contributed by atoms with E-state index < -0.39 is 15.8 Å². The molecule has 0 aliphatic rings. The van der Waals surface area contributed by atoms with Gasteiger partial charge in [-0.2, -0.15) is 0 Å². The summed E-state index contributed by atoms with van der Waals surface area (Å²) in [6.45, 7) is 8.76. The third-order valence-corrected chi connectivity index (χ3v) is 13.6. The Labute approximate surface area is 284 Å². The van der Waals surface area contributed by atoms with Crippen molar-refractivity contribution in [2.45, 2.75) is 27.7 Å². The predicted molar refractivity (Wildman–Crippen MR) is 208 cm³/mol. The lowest BCUT2D eigenvalue weighted by Gasteiger charge is -2.21. The van der Waals surface area contributed by atoms with Gasteiger partial charge in [0.15, 0.2) is 0 Å². The molecule has 0 radical (unpaired) electrons. The van der Waals surface area contributed by atoms with Crippen molar-refractivity contribution < 1.29 is 8.83 Å². The summed E-state index contributed by atoms with van der Waals surface area (Å²) in [6, 6.07) is 52.4. The smallest absolute Gasteiger partial charge is 0.143 e. The Morgan fingerprint density at radius 1 is 0.375 bits per heavy atom. The number of hydrogen-bond donors (Lipinski definition) is 0. The molecule has 8 aromatic rings. The van der Waals surface area contributed by atoms with E-state index in [0.717, 1.165) is 44.1 Å². The van der Waals surface area contributed by atoms with Crippen LogP contribution in [0, 0.1) is 27.7 Å². The van der Waals surface area contributed by atoms with E-state index in [2.05, 4.69) is 173 Å². The topological polar surface area (TPSA) is 26.3 Å². The van der Waals surface area contributed by atoms with E-state index in [1.807, 2.05) is 0 Å². The molecule has 0 aliphatic carbocycles. The van der Waals surface area contributed by atoms with Crippen molar-refractivity contribution >= 4 is 70.0 Å². The minimum absolute atomic E-state index is 0.922. The van der Waals surface area contributed by atoms with Gasteiger partial charge in [-0.25, -0.2) is 0 Å². The number of benzene rings is 6. The average Bonchev–Trinajstić information content (AvgIpc) is 3.65. The number of hydrogen-bond acceptors (Lipinski definition) is 2. The molecule has 234 valence electrons. The summed E-state index contributed by atoms with van der Waals surface area (Å²) < 4.78 is 14.4. The summed E-state index contributed by atoms with van der Waals surface area (Å²) in [6.07, 6.45) is 0. The van der Waals surface area contributed by atoms with Crippen LogP contribution in [-0.4, -0.2) is 0 Å². The second-order valence-electron chi connectivity index (χ2n) is 12.5. The average molecular weight is 659 g/mol. The highest BCUT2D eigenvalue weighted by Crippen LogP contribution is 2.49. The van der Waals surface area contributed by atoms with E-state index in [4.69, 9.17) is 8.83 Å². The van der Waals surface area contributed by atoms with Gasteiger partial charge in [-0.1, -0.05) is 133 Å². The van der Waals surface area contributed by atoms with Gasteiger partial charge < -0.3 is 8.83 Å². The molecule has 0 N–H and O–H groups in total. The molecule has 0 saturated heterocycles. The van der Waals surface area contributed by atoms with Crippen LogP contribution in [-0.2, 0) is 0 Å². The number of aryl methyl sites for hydroxylation is 4. The molecule has 0 spiro atoms. The summed E-state index contributed by atoms with van der Waals surface area (Å²) in [5.74, 6) is 0. The first-order chi connectivity index (χ1) is 23.5. The fourth-order valence-electron chi connectivity index (χ4n) is 7.04. The maximum atomic E-state index is 7.21. The highest BCUT2D eigenvalue weighted by molar-refractivity contribution is 7.80. The van der Waals surface area contributed by atoms with Crippen LogP contribution in [0.15, 0.2) is 154 Å². The molecule has 0 amide bonds. The van der Waals surface area contributed by atoms with Crippen molar-refractivity contribution in [3.8, 4) is 11.1 Å². The molecule has 2 aromatic heterocycles. The molecule has 0 unspecified atom stereocenters. The fraction of sp³-hybridized carbons (Fsp3) is 0.0909. The number of rotatable bonds is 7. The molecule has 8 rings (SSSR count). The van der Waals surface area contributed by atoms with Gasteiger partial charge in [-0.05, 0) is 83.3 Å². The quantitative estimate of drug-likeness (QED) is 0.160. The highest BCUT2D eigenvalue weighted by Gasteiger charge is 2.35. The lowest BCUT2D eigenvalue weighted by atomic mass is 9.97. The first-order valence-corrected chi connectivity index (χ1v) is 19.0. The monoisotopic (exact) mass is 658 g/mol. The number of furan rings is 2. The largest absolute Gasteiger partial charge is 0.455 e. The third kappa shape index (κ3) is 5.40. The third-order valence-electron chi connectivity index (χ3n) is 8.94. The van der Waals surface area contributed by atoms with Crippen molar-refractivity contribution in [3.63, 3.8) is 0 Å². The van der Waals surface area contributed by atoms with Crippen LogP contribution in [0.3, 0.4) is 0 Å². The van der Waals surface area contributed by atoms with Crippen LogP contribution in [0.1, 0.15) is 22.3 Å². The van der Waals surface area contributed by atoms with Crippen LogP contribution in [0.25, 0.3) is 33.1 Å². The van der Waals surface area contributed by atoms with E-state index in [1.165, 1.54) is 43.5 Å². The zero-order valence-electron chi connectivity index (χ0n) is 27.6. The molecule has 0 fully saturated rings. The molecule has 6 aromatic carbocycles. The maximum Gasteiger partial charge on any atom is 0.143 e. The van der Waals surface area contributed by atoms with Crippen molar-refractivity contribution in [2.24, 2.45) is 0 Å². The highest BCUT2D eigenvalue weighted by atomic mass is 31.1. The van der Waals surface area contributed by atoms with Crippen LogP contribution in [0.2, 0.25) is 0 Å². The fourth-order valence-corrected chi connectivity index (χ4v) is 11.7. The second-order valence-corrected chi connectivity index (χ2v) is 16.7. The molecule has 0 bridgehead atoms. The Morgan fingerprint density at radius 3 is 0.958 bits per heavy atom. The van der Waals surface area contributed by atoms with Gasteiger partial charge in [-0.15, -0.1) is 0 Å². The summed E-state index contributed by atoms with van der Waals surface area (Å²) in [5.41, 5.74) is 11.0. The summed E-state index contributed by atoms with van der Waals surface area (Å²) in [7, 11) is -2.11. The normalized spacial score (nSPS) is 11.7. The molecule has 0 atom stereocenters. The van der Waals surface area contributed by atoms with Crippen molar-refractivity contribution in [3.05, 3.63) is 168 Å². The van der Waals surface area contributed by atoms with Gasteiger partial charge in [0.1, 0.15) is 22.2 Å². The lowest BCUT2D eigenvalue weighted by Crippen LogP contribution is -2.24. The summed E-state index contributed by atoms with van der Waals surface area (Å²) in [4.78, 5) is 0. The molecule has 0 aliphatic heterocycles. The van der Waals surface area contributed by atoms with Crippen LogP contribution in [0.4, 0.5) is 0 Å². The van der Waals surface area contributed by atoms with Gasteiger partial charge >= 0.3 is 0 Å². The molecule has 4 heteroatoms. The minimum Gasteiger partial charge on any atom is -0.455 e. The van der Waals surface area contributed by atoms with Gasteiger partial charge in [0, 0.05) is 37.7 Å². The summed E-state index contributed by atoms with van der Waals surface area (Å²) >= 11 is 0. The lowest BCUT2D eigenvalue weighted by molar-refractivity contribution is 0.651. The molecule has 48 heavy (non-hydrogen) atoms. The van der Waals surface area contributed by atoms with Crippen LogP contribution >= 0.6 is 15.8 Å². The summed E-state index contributed by atoms with van der Waals surface area (Å²) in [5, 5.41) is 7.34. The Balaban J connectivity index is 1.56. The Morgan fingerprint density at radius 2 is 0.667 bits per heavy atom. The maximum absolute atomic E-state index is 7.21. The zero-order valence-corrected chi connectivity index (χ0v) is 29.4. The molecule has 2 nitrogen and oxygen atoms in total. The van der Waals surface area contributed by atoms with E-state index in [9.17, 15) is 0 Å². The van der Waals surface area contributed by atoms with Gasteiger partial charge in [0.2, 0.25) is 0 Å². The first-order valence-electron chi connectivity index (χ1n) is 16.4. The molecule has 2 heterocycles. The van der Waals surface area contributed by atoms with Crippen molar-refractivity contribution in [2.75, 3.05) is 0 Å². The molecule has 0 saturated carbocycles.